The molecule has 0 unspecified atom stereocenters. The van der Waals surface area contributed by atoms with Crippen molar-refractivity contribution in [1.29, 1.82) is 0 Å². The van der Waals surface area contributed by atoms with Crippen LogP contribution < -0.4 is 5.32 Å². The molecule has 1 aliphatic carbocycles. The van der Waals surface area contributed by atoms with Gasteiger partial charge in [-0.05, 0) is 37.5 Å². The molecule has 88 valence electrons. The third-order valence-electron chi connectivity index (χ3n) is 3.40. The summed E-state index contributed by atoms with van der Waals surface area (Å²) in [5.41, 5.74) is 3.76. The fourth-order valence-corrected chi connectivity index (χ4v) is 2.24. The maximum atomic E-state index is 13.9. The molecule has 0 radical (unpaired) electrons. The second-order valence-electron chi connectivity index (χ2n) is 4.71. The number of aryl methyl sites for hydroxylation is 1. The van der Waals surface area contributed by atoms with E-state index in [0.717, 1.165) is 22.5 Å². The lowest BCUT2D eigenvalue weighted by Crippen LogP contribution is -1.98. The molecular weight excluding hydrogens is 215 g/mol. The third kappa shape index (κ3) is 1.66. The van der Waals surface area contributed by atoms with Crippen molar-refractivity contribution in [3.8, 4) is 0 Å². The molecule has 0 amide bonds. The number of hydrogen-bond donors (Lipinski definition) is 1. The number of fused-ring (bicyclic) bond motifs is 1. The fraction of sp³-hybridized carbons (Fsp3) is 0.357. The maximum Gasteiger partial charge on any atom is 0.134 e. The highest BCUT2D eigenvalue weighted by Crippen LogP contribution is 2.41. The van der Waals surface area contributed by atoms with Crippen LogP contribution in [0.1, 0.15) is 30.0 Å². The molecule has 0 bridgehead atoms. The molecule has 3 heteroatoms. The van der Waals surface area contributed by atoms with Crippen LogP contribution in [0.15, 0.2) is 18.2 Å². The van der Waals surface area contributed by atoms with Crippen molar-refractivity contribution < 1.29 is 4.39 Å². The number of hydrogen-bond acceptors (Lipinski definition) is 2. The molecule has 2 nitrogen and oxygen atoms in total. The van der Waals surface area contributed by atoms with Crippen molar-refractivity contribution in [2.24, 2.45) is 0 Å². The average molecular weight is 230 g/mol. The van der Waals surface area contributed by atoms with E-state index in [1.54, 1.807) is 6.07 Å². The van der Waals surface area contributed by atoms with E-state index in [4.69, 9.17) is 0 Å². The molecule has 0 spiro atoms. The number of anilines is 1. The first-order valence-corrected chi connectivity index (χ1v) is 5.98. The largest absolute Gasteiger partial charge is 0.387 e. The van der Waals surface area contributed by atoms with Crippen molar-refractivity contribution in [2.75, 3.05) is 12.4 Å². The van der Waals surface area contributed by atoms with Crippen molar-refractivity contribution in [3.63, 3.8) is 0 Å². The monoisotopic (exact) mass is 230 g/mol. The van der Waals surface area contributed by atoms with Gasteiger partial charge in [-0.1, -0.05) is 6.07 Å². The van der Waals surface area contributed by atoms with Crippen molar-refractivity contribution in [2.45, 2.75) is 25.7 Å². The quantitative estimate of drug-likeness (QED) is 0.852. The third-order valence-corrected chi connectivity index (χ3v) is 3.40. The summed E-state index contributed by atoms with van der Waals surface area (Å²) in [7, 11) is 1.83. The van der Waals surface area contributed by atoms with Gasteiger partial charge >= 0.3 is 0 Å². The van der Waals surface area contributed by atoms with Gasteiger partial charge in [0.2, 0.25) is 0 Å². The minimum atomic E-state index is -0.204. The summed E-state index contributed by atoms with van der Waals surface area (Å²) >= 11 is 0. The van der Waals surface area contributed by atoms with Crippen LogP contribution in [0.3, 0.4) is 0 Å². The second-order valence-corrected chi connectivity index (χ2v) is 4.71. The van der Waals surface area contributed by atoms with E-state index >= 15 is 0 Å². The van der Waals surface area contributed by atoms with Crippen LogP contribution in [-0.4, -0.2) is 12.0 Å². The molecule has 1 aromatic heterocycles. The van der Waals surface area contributed by atoms with Crippen LogP contribution in [0.4, 0.5) is 10.1 Å². The Morgan fingerprint density at radius 2 is 2.12 bits per heavy atom. The van der Waals surface area contributed by atoms with Gasteiger partial charge in [-0.2, -0.15) is 0 Å². The van der Waals surface area contributed by atoms with Gasteiger partial charge < -0.3 is 5.32 Å². The summed E-state index contributed by atoms with van der Waals surface area (Å²) < 4.78 is 13.9. The lowest BCUT2D eigenvalue weighted by molar-refractivity contribution is 0.639. The molecule has 1 fully saturated rings. The Hall–Kier alpha value is -1.64. The lowest BCUT2D eigenvalue weighted by atomic mass is 10.1. The van der Waals surface area contributed by atoms with E-state index in [1.165, 1.54) is 18.9 Å². The molecule has 0 saturated heterocycles. The highest BCUT2D eigenvalue weighted by Gasteiger charge is 2.26. The summed E-state index contributed by atoms with van der Waals surface area (Å²) in [6, 6.07) is 5.29. The molecule has 1 aromatic carbocycles. The molecule has 1 saturated carbocycles. The number of rotatable bonds is 2. The topological polar surface area (TPSA) is 24.9 Å². The maximum absolute atomic E-state index is 13.9. The van der Waals surface area contributed by atoms with E-state index in [0.29, 0.717) is 11.3 Å². The number of halogens is 1. The summed E-state index contributed by atoms with van der Waals surface area (Å²) in [6.07, 6.45) is 2.41. The Morgan fingerprint density at radius 3 is 2.76 bits per heavy atom. The molecule has 1 aliphatic rings. The smallest absolute Gasteiger partial charge is 0.134 e. The summed E-state index contributed by atoms with van der Waals surface area (Å²) in [5.74, 6) is 0.374. The first-order chi connectivity index (χ1) is 8.20. The van der Waals surface area contributed by atoms with Gasteiger partial charge in [0.05, 0.1) is 10.9 Å². The van der Waals surface area contributed by atoms with Gasteiger partial charge in [0.15, 0.2) is 0 Å². The summed E-state index contributed by atoms with van der Waals surface area (Å²) in [5, 5.41) is 3.69. The standard InChI is InChI=1S/C14H15FN2/c1-8-3-6-10(15)13-12(16-2)7-11(9-4-5-9)17-14(8)13/h3,6-7,9H,4-5H2,1-2H3,(H,16,17). The molecule has 0 atom stereocenters. The molecule has 1 heterocycles. The SMILES string of the molecule is CNc1cc(C2CC2)nc2c(C)ccc(F)c12. The number of benzene rings is 1. The highest BCUT2D eigenvalue weighted by molar-refractivity contribution is 5.93. The second kappa shape index (κ2) is 3.69. The Morgan fingerprint density at radius 1 is 1.35 bits per heavy atom. The Kier molecular flexibility index (Phi) is 2.28. The zero-order chi connectivity index (χ0) is 12.0. The van der Waals surface area contributed by atoms with Gasteiger partial charge in [0.25, 0.3) is 0 Å². The fourth-order valence-electron chi connectivity index (χ4n) is 2.24. The van der Waals surface area contributed by atoms with E-state index in [9.17, 15) is 4.39 Å². The normalized spacial score (nSPS) is 15.2. The van der Waals surface area contributed by atoms with Crippen molar-refractivity contribution >= 4 is 16.6 Å². The van der Waals surface area contributed by atoms with Crippen molar-refractivity contribution in [1.82, 2.24) is 4.98 Å². The van der Waals surface area contributed by atoms with E-state index < -0.39 is 0 Å². The van der Waals surface area contributed by atoms with Crippen LogP contribution in [0.2, 0.25) is 0 Å². The van der Waals surface area contributed by atoms with Gasteiger partial charge in [0, 0.05) is 24.3 Å². The van der Waals surface area contributed by atoms with Gasteiger partial charge in [-0.15, -0.1) is 0 Å². The van der Waals surface area contributed by atoms with Crippen LogP contribution in [0.25, 0.3) is 10.9 Å². The Balaban J connectivity index is 2.35. The summed E-state index contributed by atoms with van der Waals surface area (Å²) in [4.78, 5) is 4.63. The molecule has 2 aromatic rings. The number of nitrogens with one attached hydrogen (secondary N) is 1. The predicted octanol–water partition coefficient (Wildman–Crippen LogP) is 3.60. The first kappa shape index (κ1) is 10.5. The minimum absolute atomic E-state index is 0.204. The van der Waals surface area contributed by atoms with E-state index in [1.807, 2.05) is 20.0 Å². The van der Waals surface area contributed by atoms with Gasteiger partial charge in [-0.25, -0.2) is 4.39 Å². The van der Waals surface area contributed by atoms with Crippen LogP contribution in [0.5, 0.6) is 0 Å². The highest BCUT2D eigenvalue weighted by atomic mass is 19.1. The van der Waals surface area contributed by atoms with E-state index in [-0.39, 0.29) is 5.82 Å². The number of nitrogens with zero attached hydrogens (tertiary/aromatic N) is 1. The van der Waals surface area contributed by atoms with Crippen LogP contribution in [0, 0.1) is 12.7 Å². The number of aromatic nitrogens is 1. The first-order valence-electron chi connectivity index (χ1n) is 5.98. The molecule has 1 N–H and O–H groups in total. The predicted molar refractivity (Wildman–Crippen MR) is 68.0 cm³/mol. The van der Waals surface area contributed by atoms with Crippen LogP contribution >= 0.6 is 0 Å². The van der Waals surface area contributed by atoms with Crippen LogP contribution in [-0.2, 0) is 0 Å². The molecular formula is C14H15FN2. The molecule has 17 heavy (non-hydrogen) atoms. The van der Waals surface area contributed by atoms with E-state index in [2.05, 4.69) is 10.3 Å². The van der Waals surface area contributed by atoms with Gasteiger partial charge in [0.1, 0.15) is 5.82 Å². The average Bonchev–Trinajstić information content (AvgIpc) is 3.16. The Bertz CT molecular complexity index is 588. The molecule has 3 rings (SSSR count). The molecule has 0 aliphatic heterocycles. The zero-order valence-electron chi connectivity index (χ0n) is 10.0. The Labute approximate surface area is 99.9 Å². The van der Waals surface area contributed by atoms with Gasteiger partial charge in [-0.3, -0.25) is 4.98 Å². The lowest BCUT2D eigenvalue weighted by Gasteiger charge is -2.11. The van der Waals surface area contributed by atoms with Crippen molar-refractivity contribution in [3.05, 3.63) is 35.3 Å². The zero-order valence-corrected chi connectivity index (χ0v) is 10.0. The summed E-state index contributed by atoms with van der Waals surface area (Å²) in [6.45, 7) is 1.98. The minimum Gasteiger partial charge on any atom is -0.387 e. The number of pyridine rings is 1.